The highest BCUT2D eigenvalue weighted by molar-refractivity contribution is 7.87. The molecule has 0 fully saturated rings. The highest BCUT2D eigenvalue weighted by atomic mass is 32.2. The Bertz CT molecular complexity index is 477. The van der Waals surface area contributed by atoms with Crippen molar-refractivity contribution >= 4 is 16.5 Å². The molecule has 16 heavy (non-hydrogen) atoms. The second-order valence-electron chi connectivity index (χ2n) is 3.09. The smallest absolute Gasteiger partial charge is 0.325 e. The second kappa shape index (κ2) is 4.62. The predicted molar refractivity (Wildman–Crippen MR) is 56.8 cm³/mol. The van der Waals surface area contributed by atoms with Crippen molar-refractivity contribution in [2.75, 3.05) is 20.7 Å². The molecular formula is C8H13N3O4S. The first kappa shape index (κ1) is 12.7. The molecule has 1 heterocycles. The number of carbonyl (C=O) groups is 1. The number of hydrogen-bond acceptors (Lipinski definition) is 5. The van der Waals surface area contributed by atoms with Gasteiger partial charge in [-0.2, -0.15) is 17.8 Å². The molecule has 1 aromatic rings. The van der Waals surface area contributed by atoms with Gasteiger partial charge in [0, 0.05) is 20.2 Å². The summed E-state index contributed by atoms with van der Waals surface area (Å²) in [5.74, 6) is 0.0262. The van der Waals surface area contributed by atoms with Crippen LogP contribution in [0.4, 0.5) is 0 Å². The molecule has 8 heteroatoms. The molecule has 0 unspecified atom stereocenters. The fourth-order valence-corrected chi connectivity index (χ4v) is 1.83. The minimum Gasteiger partial charge on any atom is -0.477 e. The highest BCUT2D eigenvalue weighted by Crippen LogP contribution is 2.16. The Labute approximate surface area is 93.8 Å². The lowest BCUT2D eigenvalue weighted by molar-refractivity contribution is 0.111. The second-order valence-corrected chi connectivity index (χ2v) is 5.06. The van der Waals surface area contributed by atoms with Crippen molar-refractivity contribution in [2.24, 2.45) is 0 Å². The fourth-order valence-electron chi connectivity index (χ4n) is 0.987. The Hall–Kier alpha value is -1.41. The third-order valence-corrected chi connectivity index (χ3v) is 3.38. The van der Waals surface area contributed by atoms with Gasteiger partial charge < -0.3 is 4.74 Å². The van der Waals surface area contributed by atoms with E-state index in [9.17, 15) is 13.2 Å². The minimum atomic E-state index is -3.76. The third-order valence-electron chi connectivity index (χ3n) is 1.76. The SMILES string of the molecule is CCOc1cc(C=O)nn1S(=O)(=O)N(C)C. The lowest BCUT2D eigenvalue weighted by Gasteiger charge is -2.13. The first-order valence-electron chi connectivity index (χ1n) is 4.54. The zero-order valence-corrected chi connectivity index (χ0v) is 10.1. The van der Waals surface area contributed by atoms with Gasteiger partial charge in [0.25, 0.3) is 0 Å². The Morgan fingerprint density at radius 1 is 1.56 bits per heavy atom. The van der Waals surface area contributed by atoms with E-state index in [0.29, 0.717) is 10.4 Å². The molecule has 0 aromatic carbocycles. The number of ether oxygens (including phenoxy) is 1. The molecule has 0 bridgehead atoms. The third kappa shape index (κ3) is 2.22. The minimum absolute atomic E-state index is 0.00822. The van der Waals surface area contributed by atoms with E-state index in [-0.39, 0.29) is 18.2 Å². The standard InChI is InChI=1S/C8H13N3O4S/c1-4-15-8-5-7(6-12)9-11(8)16(13,14)10(2)3/h5-6H,4H2,1-3H3. The molecule has 1 rings (SSSR count). The maximum absolute atomic E-state index is 11.8. The van der Waals surface area contributed by atoms with E-state index in [0.717, 1.165) is 4.31 Å². The summed E-state index contributed by atoms with van der Waals surface area (Å²) in [7, 11) is -1.03. The quantitative estimate of drug-likeness (QED) is 0.670. The zero-order chi connectivity index (χ0) is 12.3. The van der Waals surface area contributed by atoms with E-state index >= 15 is 0 Å². The molecule has 1 aromatic heterocycles. The monoisotopic (exact) mass is 247 g/mol. The summed E-state index contributed by atoms with van der Waals surface area (Å²) in [6.45, 7) is 1.99. The summed E-state index contributed by atoms with van der Waals surface area (Å²) in [5, 5.41) is 3.63. The molecule has 0 aliphatic heterocycles. The molecule has 0 amide bonds. The van der Waals surface area contributed by atoms with Crippen LogP contribution >= 0.6 is 0 Å². The molecule has 0 saturated heterocycles. The zero-order valence-electron chi connectivity index (χ0n) is 9.24. The van der Waals surface area contributed by atoms with Crippen LogP contribution in [0.3, 0.4) is 0 Å². The summed E-state index contributed by atoms with van der Waals surface area (Å²) >= 11 is 0. The Kier molecular flexibility index (Phi) is 3.66. The van der Waals surface area contributed by atoms with Gasteiger partial charge in [0.05, 0.1) is 6.61 Å². The predicted octanol–water partition coefficient (Wildman–Crippen LogP) is -0.251. The summed E-state index contributed by atoms with van der Waals surface area (Å²) in [5.41, 5.74) is 0.00822. The van der Waals surface area contributed by atoms with Crippen molar-refractivity contribution < 1.29 is 17.9 Å². The molecule has 0 aliphatic rings. The Balaban J connectivity index is 3.31. The molecule has 0 spiro atoms. The largest absolute Gasteiger partial charge is 0.477 e. The van der Waals surface area contributed by atoms with Crippen molar-refractivity contribution in [1.82, 2.24) is 13.5 Å². The Morgan fingerprint density at radius 3 is 2.62 bits per heavy atom. The van der Waals surface area contributed by atoms with Crippen molar-refractivity contribution in [3.63, 3.8) is 0 Å². The first-order chi connectivity index (χ1) is 7.43. The van der Waals surface area contributed by atoms with Gasteiger partial charge in [-0.3, -0.25) is 4.79 Å². The highest BCUT2D eigenvalue weighted by Gasteiger charge is 2.23. The molecule has 0 atom stereocenters. The first-order valence-corrected chi connectivity index (χ1v) is 5.94. The van der Waals surface area contributed by atoms with Crippen LogP contribution in [0.5, 0.6) is 5.88 Å². The van der Waals surface area contributed by atoms with Crippen molar-refractivity contribution in [1.29, 1.82) is 0 Å². The van der Waals surface area contributed by atoms with Gasteiger partial charge in [0.1, 0.15) is 5.69 Å². The number of aldehydes is 1. The van der Waals surface area contributed by atoms with Crippen molar-refractivity contribution in [3.8, 4) is 5.88 Å². The van der Waals surface area contributed by atoms with Crippen LogP contribution in [0.25, 0.3) is 0 Å². The van der Waals surface area contributed by atoms with Gasteiger partial charge in [-0.15, -0.1) is 4.09 Å². The van der Waals surface area contributed by atoms with E-state index in [4.69, 9.17) is 4.74 Å². The number of rotatable bonds is 5. The topological polar surface area (TPSA) is 81.5 Å². The summed E-state index contributed by atoms with van der Waals surface area (Å²) in [4.78, 5) is 10.5. The van der Waals surface area contributed by atoms with Crippen molar-refractivity contribution in [2.45, 2.75) is 6.92 Å². The van der Waals surface area contributed by atoms with E-state index in [1.54, 1.807) is 6.92 Å². The van der Waals surface area contributed by atoms with Gasteiger partial charge in [0.2, 0.25) is 5.88 Å². The molecule has 0 saturated carbocycles. The fraction of sp³-hybridized carbons (Fsp3) is 0.500. The maximum Gasteiger partial charge on any atom is 0.325 e. The molecule has 0 radical (unpaired) electrons. The van der Waals surface area contributed by atoms with Gasteiger partial charge in [0.15, 0.2) is 6.29 Å². The number of nitrogens with zero attached hydrogens (tertiary/aromatic N) is 3. The number of aromatic nitrogens is 2. The maximum atomic E-state index is 11.8. The average molecular weight is 247 g/mol. The Morgan fingerprint density at radius 2 is 2.19 bits per heavy atom. The van der Waals surface area contributed by atoms with Crippen LogP contribution in [-0.2, 0) is 10.2 Å². The lowest BCUT2D eigenvalue weighted by Crippen LogP contribution is -2.30. The molecular weight excluding hydrogens is 234 g/mol. The van der Waals surface area contributed by atoms with Crippen LogP contribution in [-0.4, -0.2) is 48.9 Å². The van der Waals surface area contributed by atoms with E-state index in [1.807, 2.05) is 0 Å². The van der Waals surface area contributed by atoms with E-state index < -0.39 is 10.2 Å². The van der Waals surface area contributed by atoms with Gasteiger partial charge in [-0.1, -0.05) is 0 Å². The van der Waals surface area contributed by atoms with Crippen LogP contribution in [0.15, 0.2) is 6.07 Å². The summed E-state index contributed by atoms with van der Waals surface area (Å²) in [6.07, 6.45) is 0.463. The van der Waals surface area contributed by atoms with Crippen molar-refractivity contribution in [3.05, 3.63) is 11.8 Å². The summed E-state index contributed by atoms with van der Waals surface area (Å²) < 4.78 is 30.3. The van der Waals surface area contributed by atoms with Gasteiger partial charge >= 0.3 is 10.2 Å². The number of carbonyl (C=O) groups excluding carboxylic acids is 1. The normalized spacial score (nSPS) is 11.8. The van der Waals surface area contributed by atoms with Crippen LogP contribution < -0.4 is 4.74 Å². The van der Waals surface area contributed by atoms with Gasteiger partial charge in [-0.05, 0) is 6.92 Å². The molecule has 0 N–H and O–H groups in total. The molecule has 0 aliphatic carbocycles. The lowest BCUT2D eigenvalue weighted by atomic mass is 10.5. The average Bonchev–Trinajstić information content (AvgIpc) is 2.62. The van der Waals surface area contributed by atoms with Crippen LogP contribution in [0, 0.1) is 0 Å². The van der Waals surface area contributed by atoms with Crippen LogP contribution in [0.1, 0.15) is 17.4 Å². The van der Waals surface area contributed by atoms with E-state index in [2.05, 4.69) is 5.10 Å². The van der Waals surface area contributed by atoms with E-state index in [1.165, 1.54) is 20.2 Å². The van der Waals surface area contributed by atoms with Crippen LogP contribution in [0.2, 0.25) is 0 Å². The van der Waals surface area contributed by atoms with Gasteiger partial charge in [-0.25, -0.2) is 0 Å². The molecule has 7 nitrogen and oxygen atoms in total. The number of hydrogen-bond donors (Lipinski definition) is 0. The summed E-state index contributed by atoms with van der Waals surface area (Å²) in [6, 6.07) is 1.28. The molecule has 90 valence electrons.